The van der Waals surface area contributed by atoms with Gasteiger partial charge in [0.05, 0.1) is 34.3 Å². The summed E-state index contributed by atoms with van der Waals surface area (Å²) in [4.78, 5) is 29.7. The van der Waals surface area contributed by atoms with E-state index in [-0.39, 0.29) is 5.56 Å². The van der Waals surface area contributed by atoms with E-state index in [9.17, 15) is 24.9 Å². The van der Waals surface area contributed by atoms with Gasteiger partial charge in [0, 0.05) is 34.2 Å². The van der Waals surface area contributed by atoms with Gasteiger partial charge in [0.1, 0.15) is 24.4 Å². The number of aliphatic hydroxyl groups excluding tert-OH is 3. The molecule has 10 heteroatoms. The fourth-order valence-corrected chi connectivity index (χ4v) is 6.11. The van der Waals surface area contributed by atoms with Crippen LogP contribution in [-0.4, -0.2) is 74.8 Å². The van der Waals surface area contributed by atoms with Crippen LogP contribution in [0.25, 0.3) is 43.6 Å². The Morgan fingerprint density at radius 3 is 2.35 bits per heavy atom. The lowest BCUT2D eigenvalue weighted by Gasteiger charge is -2.42. The number of nitrogens with one attached hydrogen (secondary N) is 2. The Morgan fingerprint density at radius 1 is 0.946 bits per heavy atom. The van der Waals surface area contributed by atoms with Gasteiger partial charge in [-0.05, 0) is 12.1 Å². The minimum atomic E-state index is -1.42. The van der Waals surface area contributed by atoms with Crippen molar-refractivity contribution in [1.29, 1.82) is 0 Å². The molecule has 3 aromatic carbocycles. The van der Waals surface area contributed by atoms with Crippen molar-refractivity contribution in [3.63, 3.8) is 0 Å². The molecule has 10 nitrogen and oxygen atoms in total. The molecule has 1 fully saturated rings. The second-order valence-corrected chi connectivity index (χ2v) is 9.49. The van der Waals surface area contributed by atoms with Crippen molar-refractivity contribution in [1.82, 2.24) is 14.9 Å². The van der Waals surface area contributed by atoms with Crippen LogP contribution < -0.4 is 5.32 Å². The van der Waals surface area contributed by atoms with Gasteiger partial charge in [0.15, 0.2) is 6.23 Å². The van der Waals surface area contributed by atoms with Crippen LogP contribution in [0.3, 0.4) is 0 Å². The summed E-state index contributed by atoms with van der Waals surface area (Å²) in [6.45, 7) is -0.440. The molecule has 0 aliphatic carbocycles. The first kappa shape index (κ1) is 22.4. The molecule has 4 heterocycles. The van der Waals surface area contributed by atoms with Crippen molar-refractivity contribution in [2.24, 2.45) is 0 Å². The molecule has 2 aliphatic heterocycles. The van der Waals surface area contributed by atoms with Gasteiger partial charge in [0.2, 0.25) is 0 Å². The maximum atomic E-state index is 13.2. The van der Waals surface area contributed by atoms with Crippen LogP contribution >= 0.6 is 0 Å². The van der Waals surface area contributed by atoms with Crippen LogP contribution in [-0.2, 0) is 9.47 Å². The molecule has 5 N–H and O–H groups in total. The number of H-pyrrole nitrogens is 1. The molecule has 2 aromatic heterocycles. The number of amides is 2. The first-order valence-electron chi connectivity index (χ1n) is 12.0. The van der Waals surface area contributed by atoms with Gasteiger partial charge >= 0.3 is 0 Å². The van der Waals surface area contributed by atoms with E-state index in [2.05, 4.69) is 10.3 Å². The molecule has 5 aromatic rings. The lowest BCUT2D eigenvalue weighted by atomic mass is 9.96. The zero-order valence-electron chi connectivity index (χ0n) is 19.6. The SMILES string of the molecule is CO[C@H]1[C@H](O)[C@@H](O)[C@H](n2c3ccccc3c3c4c(c5c6ccccc6[nH]c5c32)C(=O)NC4=O)O[C@@H]1CO. The van der Waals surface area contributed by atoms with Gasteiger partial charge in [-0.25, -0.2) is 0 Å². The van der Waals surface area contributed by atoms with Crippen molar-refractivity contribution < 1.29 is 34.4 Å². The first-order chi connectivity index (χ1) is 18.0. The number of para-hydroxylation sites is 2. The lowest BCUT2D eigenvalue weighted by Crippen LogP contribution is -2.57. The standard InChI is InChI=1S/C27H23N3O7/c1-36-24-15(10-31)37-27(23(33)22(24)32)30-14-9-5-3-7-12(14)17-19-18(25(34)29-26(19)35)16-11-6-2-4-8-13(11)28-20(16)21(17)30/h2-9,15,22-24,27-28,31-33H,10H2,1H3,(H,29,34,35)/t15-,22-,23-,24-,27-/m1/s1. The number of hydrogen-bond acceptors (Lipinski definition) is 7. The van der Waals surface area contributed by atoms with Crippen LogP contribution in [0.1, 0.15) is 26.9 Å². The number of imide groups is 1. The second kappa shape index (κ2) is 7.85. The van der Waals surface area contributed by atoms with Crippen molar-refractivity contribution >= 4 is 55.4 Å². The molecule has 37 heavy (non-hydrogen) atoms. The third-order valence-electron chi connectivity index (χ3n) is 7.65. The summed E-state index contributed by atoms with van der Waals surface area (Å²) in [5.41, 5.74) is 3.09. The van der Waals surface area contributed by atoms with E-state index in [0.29, 0.717) is 38.3 Å². The number of benzene rings is 3. The van der Waals surface area contributed by atoms with Gasteiger partial charge in [-0.2, -0.15) is 0 Å². The quantitative estimate of drug-likeness (QED) is 0.238. The minimum Gasteiger partial charge on any atom is -0.394 e. The predicted molar refractivity (Wildman–Crippen MR) is 134 cm³/mol. The Labute approximate surface area is 209 Å². The van der Waals surface area contributed by atoms with E-state index in [1.807, 2.05) is 48.5 Å². The van der Waals surface area contributed by atoms with Gasteiger partial charge in [-0.1, -0.05) is 36.4 Å². The molecule has 2 aliphatic rings. The van der Waals surface area contributed by atoms with Crippen LogP contribution in [0, 0.1) is 0 Å². The Bertz CT molecular complexity index is 1770. The third-order valence-corrected chi connectivity index (χ3v) is 7.65. The number of aromatic amines is 1. The van der Waals surface area contributed by atoms with Crippen LogP contribution in [0.15, 0.2) is 48.5 Å². The summed E-state index contributed by atoms with van der Waals surface area (Å²) in [7, 11) is 1.38. The minimum absolute atomic E-state index is 0.256. The number of nitrogens with zero attached hydrogens (tertiary/aromatic N) is 1. The number of aliphatic hydroxyl groups is 3. The van der Waals surface area contributed by atoms with Gasteiger partial charge in [0.25, 0.3) is 11.8 Å². The van der Waals surface area contributed by atoms with Gasteiger partial charge in [-0.3, -0.25) is 14.9 Å². The molecule has 0 unspecified atom stereocenters. The Balaban J connectivity index is 1.67. The summed E-state index contributed by atoms with van der Waals surface area (Å²) >= 11 is 0. The molecular formula is C27H23N3O7. The van der Waals surface area contributed by atoms with Crippen molar-refractivity contribution in [2.75, 3.05) is 13.7 Å². The Morgan fingerprint density at radius 2 is 1.62 bits per heavy atom. The molecule has 5 atom stereocenters. The molecule has 0 radical (unpaired) electrons. The van der Waals surface area contributed by atoms with E-state index in [0.717, 1.165) is 10.9 Å². The van der Waals surface area contributed by atoms with E-state index in [4.69, 9.17) is 9.47 Å². The summed E-state index contributed by atoms with van der Waals surface area (Å²) in [5.74, 6) is -0.973. The summed E-state index contributed by atoms with van der Waals surface area (Å²) in [6, 6.07) is 14.8. The lowest BCUT2D eigenvalue weighted by molar-refractivity contribution is -0.255. The molecule has 188 valence electrons. The van der Waals surface area contributed by atoms with Crippen LogP contribution in [0.2, 0.25) is 0 Å². The van der Waals surface area contributed by atoms with Crippen molar-refractivity contribution in [3.8, 4) is 0 Å². The fraction of sp³-hybridized carbons (Fsp3) is 0.259. The largest absolute Gasteiger partial charge is 0.394 e. The Hall–Kier alpha value is -3.80. The maximum Gasteiger partial charge on any atom is 0.259 e. The average Bonchev–Trinajstić information content (AvgIpc) is 3.54. The summed E-state index contributed by atoms with van der Waals surface area (Å²) in [6.07, 6.45) is -5.76. The zero-order valence-corrected chi connectivity index (χ0v) is 19.6. The number of fused-ring (bicyclic) bond motifs is 10. The number of carbonyl (C=O) groups is 2. The van der Waals surface area contributed by atoms with Crippen molar-refractivity contribution in [3.05, 3.63) is 59.7 Å². The number of methoxy groups -OCH3 is 1. The summed E-state index contributed by atoms with van der Waals surface area (Å²) in [5, 5.41) is 37.2. The zero-order chi connectivity index (χ0) is 25.6. The molecule has 0 saturated carbocycles. The number of hydrogen-bond donors (Lipinski definition) is 5. The van der Waals surface area contributed by atoms with Gasteiger partial charge < -0.3 is 34.3 Å². The molecule has 0 bridgehead atoms. The highest BCUT2D eigenvalue weighted by atomic mass is 16.6. The number of carbonyl (C=O) groups excluding carboxylic acids is 2. The molecular weight excluding hydrogens is 478 g/mol. The van der Waals surface area contributed by atoms with E-state index in [1.54, 1.807) is 4.57 Å². The number of ether oxygens (including phenoxy) is 2. The smallest absolute Gasteiger partial charge is 0.259 e. The third kappa shape index (κ3) is 2.81. The molecule has 0 spiro atoms. The van der Waals surface area contributed by atoms with Crippen LogP contribution in [0.4, 0.5) is 0 Å². The predicted octanol–water partition coefficient (Wildman–Crippen LogP) is 1.94. The second-order valence-electron chi connectivity index (χ2n) is 9.49. The van der Waals surface area contributed by atoms with Crippen molar-refractivity contribution in [2.45, 2.75) is 30.6 Å². The molecule has 1 saturated heterocycles. The number of rotatable bonds is 3. The van der Waals surface area contributed by atoms with E-state index >= 15 is 0 Å². The average molecular weight is 501 g/mol. The monoisotopic (exact) mass is 501 g/mol. The molecule has 7 rings (SSSR count). The number of aromatic nitrogens is 2. The maximum absolute atomic E-state index is 13.2. The highest BCUT2D eigenvalue weighted by Crippen LogP contribution is 2.46. The highest BCUT2D eigenvalue weighted by Gasteiger charge is 2.47. The van der Waals surface area contributed by atoms with E-state index in [1.165, 1.54) is 7.11 Å². The van der Waals surface area contributed by atoms with Crippen LogP contribution in [0.5, 0.6) is 0 Å². The van der Waals surface area contributed by atoms with Gasteiger partial charge in [-0.15, -0.1) is 0 Å². The normalized spacial score (nSPS) is 26.0. The molecule has 2 amide bonds. The first-order valence-corrected chi connectivity index (χ1v) is 12.0. The Kier molecular flexibility index (Phi) is 4.75. The topological polar surface area (TPSA) is 146 Å². The fourth-order valence-electron chi connectivity index (χ4n) is 6.11. The van der Waals surface area contributed by atoms with E-state index < -0.39 is 49.1 Å². The highest BCUT2D eigenvalue weighted by molar-refractivity contribution is 6.39. The summed E-state index contributed by atoms with van der Waals surface area (Å²) < 4.78 is 13.2.